The van der Waals surface area contributed by atoms with E-state index in [2.05, 4.69) is 4.74 Å². The van der Waals surface area contributed by atoms with Crippen LogP contribution in [0.1, 0.15) is 45.4 Å². The average Bonchev–Trinajstić information content (AvgIpc) is 2.22. The molecule has 8 heteroatoms. The molecule has 0 aromatic heterocycles. The van der Waals surface area contributed by atoms with Gasteiger partial charge in [0, 0.05) is 6.42 Å². The molecule has 0 saturated heterocycles. The maximum atomic E-state index is 12.1. The predicted molar refractivity (Wildman–Crippen MR) is 55.4 cm³/mol. The van der Waals surface area contributed by atoms with Gasteiger partial charge in [-0.15, -0.1) is 0 Å². The largest absolute Gasteiger partial charge is 0.443 e. The van der Waals surface area contributed by atoms with Crippen LogP contribution >= 0.6 is 0 Å². The van der Waals surface area contributed by atoms with Crippen molar-refractivity contribution in [2.75, 3.05) is 0 Å². The standard InChI is InChI=1S/C11H16F6O2/c1-2-3-4-5-6-7-8(18)19-9(10(12,13)14)11(15,16)17/h9H,2-7H2,1H3. The zero-order valence-corrected chi connectivity index (χ0v) is 10.4. The van der Waals surface area contributed by atoms with Crippen LogP contribution in [0.5, 0.6) is 0 Å². The fourth-order valence-corrected chi connectivity index (χ4v) is 1.38. The number of rotatable bonds is 7. The van der Waals surface area contributed by atoms with Gasteiger partial charge in [-0.3, -0.25) is 4.79 Å². The lowest BCUT2D eigenvalue weighted by Gasteiger charge is -2.22. The second kappa shape index (κ2) is 7.59. The van der Waals surface area contributed by atoms with Crippen molar-refractivity contribution in [1.29, 1.82) is 0 Å². The molecule has 0 aromatic rings. The van der Waals surface area contributed by atoms with E-state index >= 15 is 0 Å². The molecule has 114 valence electrons. The van der Waals surface area contributed by atoms with Gasteiger partial charge in [0.2, 0.25) is 0 Å². The van der Waals surface area contributed by atoms with E-state index < -0.39 is 30.8 Å². The maximum Gasteiger partial charge on any atom is 0.434 e. The van der Waals surface area contributed by atoms with Gasteiger partial charge in [-0.2, -0.15) is 26.3 Å². The van der Waals surface area contributed by atoms with Crippen LogP contribution in [0.4, 0.5) is 26.3 Å². The van der Waals surface area contributed by atoms with Crippen LogP contribution in [0.25, 0.3) is 0 Å². The highest BCUT2D eigenvalue weighted by atomic mass is 19.4. The van der Waals surface area contributed by atoms with Crippen LogP contribution < -0.4 is 0 Å². The molecule has 0 bridgehead atoms. The summed E-state index contributed by atoms with van der Waals surface area (Å²) in [6.07, 6.45) is -12.3. The van der Waals surface area contributed by atoms with Crippen LogP contribution in [0.15, 0.2) is 0 Å². The van der Waals surface area contributed by atoms with E-state index in [0.717, 1.165) is 19.3 Å². The molecule has 0 fully saturated rings. The third-order valence-electron chi connectivity index (χ3n) is 2.33. The minimum atomic E-state index is -5.64. The van der Waals surface area contributed by atoms with Crippen molar-refractivity contribution in [3.8, 4) is 0 Å². The molecule has 0 radical (unpaired) electrons. The number of hydrogen-bond donors (Lipinski definition) is 0. The van der Waals surface area contributed by atoms with E-state index in [1.54, 1.807) is 0 Å². The van der Waals surface area contributed by atoms with E-state index in [4.69, 9.17) is 0 Å². The van der Waals surface area contributed by atoms with Crippen molar-refractivity contribution >= 4 is 5.97 Å². The predicted octanol–water partition coefficient (Wildman–Crippen LogP) is 4.38. The number of carbonyl (C=O) groups is 1. The molecule has 0 saturated carbocycles. The van der Waals surface area contributed by atoms with E-state index in [9.17, 15) is 31.1 Å². The fourth-order valence-electron chi connectivity index (χ4n) is 1.38. The topological polar surface area (TPSA) is 26.3 Å². The molecule has 0 aliphatic rings. The summed E-state index contributed by atoms with van der Waals surface area (Å²) in [6, 6.07) is 0. The fraction of sp³-hybridized carbons (Fsp3) is 0.909. The summed E-state index contributed by atoms with van der Waals surface area (Å²) in [5.41, 5.74) is 0. The van der Waals surface area contributed by atoms with E-state index in [1.807, 2.05) is 6.92 Å². The summed E-state index contributed by atoms with van der Waals surface area (Å²) < 4.78 is 75.9. The quantitative estimate of drug-likeness (QED) is 0.395. The molecule has 0 heterocycles. The second-order valence-electron chi connectivity index (χ2n) is 4.12. The smallest absolute Gasteiger partial charge is 0.434 e. The highest BCUT2D eigenvalue weighted by Gasteiger charge is 2.59. The Bertz CT molecular complexity index is 257. The van der Waals surface area contributed by atoms with Gasteiger partial charge in [0.05, 0.1) is 0 Å². The van der Waals surface area contributed by atoms with Gasteiger partial charge in [0.25, 0.3) is 6.10 Å². The highest BCUT2D eigenvalue weighted by Crippen LogP contribution is 2.35. The monoisotopic (exact) mass is 294 g/mol. The molecule has 0 unspecified atom stereocenters. The number of ether oxygens (including phenoxy) is 1. The lowest BCUT2D eigenvalue weighted by atomic mass is 10.1. The SMILES string of the molecule is CCCCCCCC(=O)OC(C(F)(F)F)C(F)(F)F. The number of esters is 1. The summed E-state index contributed by atoms with van der Waals surface area (Å²) >= 11 is 0. The van der Waals surface area contributed by atoms with Crippen LogP contribution in [0.2, 0.25) is 0 Å². The van der Waals surface area contributed by atoms with E-state index in [1.165, 1.54) is 0 Å². The van der Waals surface area contributed by atoms with Crippen molar-refractivity contribution in [2.45, 2.75) is 63.9 Å². The maximum absolute atomic E-state index is 12.1. The molecule has 19 heavy (non-hydrogen) atoms. The zero-order chi connectivity index (χ0) is 15.1. The minimum Gasteiger partial charge on any atom is -0.443 e. The number of carbonyl (C=O) groups excluding carboxylic acids is 1. The van der Waals surface area contributed by atoms with Crippen molar-refractivity contribution in [2.24, 2.45) is 0 Å². The molecule has 0 aliphatic heterocycles. The Kier molecular flexibility index (Phi) is 7.21. The third-order valence-corrected chi connectivity index (χ3v) is 2.33. The Hall–Kier alpha value is -0.950. The van der Waals surface area contributed by atoms with Crippen molar-refractivity contribution < 1.29 is 35.9 Å². The first kappa shape index (κ1) is 18.0. The highest BCUT2D eigenvalue weighted by molar-refractivity contribution is 5.69. The normalized spacial score (nSPS) is 12.8. The number of unbranched alkanes of at least 4 members (excludes halogenated alkanes) is 4. The Morgan fingerprint density at radius 3 is 1.84 bits per heavy atom. The molecule has 0 rings (SSSR count). The summed E-state index contributed by atoms with van der Waals surface area (Å²) in [4.78, 5) is 11.0. The van der Waals surface area contributed by atoms with E-state index in [-0.39, 0.29) is 6.42 Å². The van der Waals surface area contributed by atoms with Gasteiger partial charge in [0.15, 0.2) is 0 Å². The molecular formula is C11H16F6O2. The molecule has 0 N–H and O–H groups in total. The van der Waals surface area contributed by atoms with Gasteiger partial charge >= 0.3 is 18.3 Å². The molecule has 2 nitrogen and oxygen atoms in total. The first-order chi connectivity index (χ1) is 8.59. The molecule has 0 amide bonds. The van der Waals surface area contributed by atoms with Crippen LogP contribution in [0.3, 0.4) is 0 Å². The zero-order valence-electron chi connectivity index (χ0n) is 10.4. The van der Waals surface area contributed by atoms with Gasteiger partial charge in [-0.05, 0) is 6.42 Å². The first-order valence-electron chi connectivity index (χ1n) is 5.92. The molecule has 0 aliphatic carbocycles. The van der Waals surface area contributed by atoms with Crippen LogP contribution in [0, 0.1) is 0 Å². The van der Waals surface area contributed by atoms with Crippen molar-refractivity contribution in [3.05, 3.63) is 0 Å². The molecule has 0 aromatic carbocycles. The van der Waals surface area contributed by atoms with Gasteiger partial charge in [-0.25, -0.2) is 0 Å². The Labute approximate surface area is 107 Å². The van der Waals surface area contributed by atoms with Crippen LogP contribution in [-0.4, -0.2) is 24.4 Å². The van der Waals surface area contributed by atoms with Gasteiger partial charge in [-0.1, -0.05) is 32.6 Å². The van der Waals surface area contributed by atoms with Gasteiger partial charge < -0.3 is 4.74 Å². The number of halogens is 6. The second-order valence-corrected chi connectivity index (χ2v) is 4.12. The molecular weight excluding hydrogens is 278 g/mol. The average molecular weight is 294 g/mol. The Balaban J connectivity index is 4.20. The van der Waals surface area contributed by atoms with Crippen molar-refractivity contribution in [3.63, 3.8) is 0 Å². The lowest BCUT2D eigenvalue weighted by Crippen LogP contribution is -2.45. The van der Waals surface area contributed by atoms with E-state index in [0.29, 0.717) is 6.42 Å². The first-order valence-corrected chi connectivity index (χ1v) is 5.92. The summed E-state index contributed by atoms with van der Waals surface area (Å²) in [7, 11) is 0. The van der Waals surface area contributed by atoms with Gasteiger partial charge in [0.1, 0.15) is 0 Å². The molecule has 0 spiro atoms. The summed E-state index contributed by atoms with van der Waals surface area (Å²) in [5.74, 6) is -1.48. The van der Waals surface area contributed by atoms with Crippen LogP contribution in [-0.2, 0) is 9.53 Å². The Morgan fingerprint density at radius 2 is 1.42 bits per heavy atom. The summed E-state index contributed by atoms with van der Waals surface area (Å²) in [5, 5.41) is 0. The third kappa shape index (κ3) is 7.94. The lowest BCUT2D eigenvalue weighted by molar-refractivity contribution is -0.313. The number of alkyl halides is 6. The minimum absolute atomic E-state index is 0.223. The number of hydrogen-bond acceptors (Lipinski definition) is 2. The Morgan fingerprint density at radius 1 is 0.947 bits per heavy atom. The summed E-state index contributed by atoms with van der Waals surface area (Å²) in [6.45, 7) is 1.95. The van der Waals surface area contributed by atoms with Crippen molar-refractivity contribution in [1.82, 2.24) is 0 Å². The molecule has 0 atom stereocenters.